The molecular weight excluding hydrogens is 298 g/mol. The molecular formula is C17H20ClN3O. The van der Waals surface area contributed by atoms with E-state index in [1.54, 1.807) is 6.92 Å². The number of hydrogen-bond acceptors (Lipinski definition) is 3. The third-order valence-electron chi connectivity index (χ3n) is 4.47. The van der Waals surface area contributed by atoms with Gasteiger partial charge in [-0.1, -0.05) is 11.6 Å². The predicted molar refractivity (Wildman–Crippen MR) is 90.4 cm³/mol. The summed E-state index contributed by atoms with van der Waals surface area (Å²) in [4.78, 5) is 20.3. The average molecular weight is 318 g/mol. The molecule has 0 radical (unpaired) electrons. The van der Waals surface area contributed by atoms with E-state index < -0.39 is 0 Å². The third kappa shape index (κ3) is 3.02. The van der Waals surface area contributed by atoms with Gasteiger partial charge in [0, 0.05) is 43.5 Å². The van der Waals surface area contributed by atoms with Crippen LogP contribution in [0.4, 0.5) is 5.82 Å². The van der Waals surface area contributed by atoms with Crippen molar-refractivity contribution in [3.63, 3.8) is 0 Å². The number of hydrogen-bond donors (Lipinski definition) is 0. The second-order valence-electron chi connectivity index (χ2n) is 5.85. The summed E-state index contributed by atoms with van der Waals surface area (Å²) in [7, 11) is 1.89. The van der Waals surface area contributed by atoms with E-state index in [4.69, 9.17) is 16.6 Å². The number of halogens is 1. The second-order valence-corrected chi connectivity index (χ2v) is 6.29. The molecule has 1 aromatic heterocycles. The zero-order valence-electron chi connectivity index (χ0n) is 12.9. The fourth-order valence-corrected chi connectivity index (χ4v) is 3.18. The van der Waals surface area contributed by atoms with Crippen molar-refractivity contribution in [3.8, 4) is 0 Å². The third-order valence-corrected chi connectivity index (χ3v) is 4.70. The quantitative estimate of drug-likeness (QED) is 0.852. The van der Waals surface area contributed by atoms with Crippen LogP contribution in [0, 0.1) is 0 Å². The molecule has 1 saturated heterocycles. The molecule has 0 saturated carbocycles. The SMILES string of the molecule is CC(=O)N(C)C1CCN(c2ccc3cc(Cl)ccc3n2)CC1. The standard InChI is InChI=1S/C17H20ClN3O/c1-12(22)20(2)15-7-9-21(10-8-15)17-6-3-13-11-14(18)4-5-16(13)19-17/h3-6,11,15H,7-10H2,1-2H3. The molecule has 2 heterocycles. The molecule has 1 aliphatic heterocycles. The van der Waals surface area contributed by atoms with Crippen molar-refractivity contribution < 1.29 is 4.79 Å². The van der Waals surface area contributed by atoms with Gasteiger partial charge < -0.3 is 9.80 Å². The Kier molecular flexibility index (Phi) is 4.21. The van der Waals surface area contributed by atoms with Gasteiger partial charge >= 0.3 is 0 Å². The van der Waals surface area contributed by atoms with E-state index in [9.17, 15) is 4.79 Å². The molecule has 4 nitrogen and oxygen atoms in total. The van der Waals surface area contributed by atoms with E-state index in [0.29, 0.717) is 6.04 Å². The first-order valence-electron chi connectivity index (χ1n) is 7.59. The summed E-state index contributed by atoms with van der Waals surface area (Å²) in [5, 5.41) is 1.79. The molecule has 0 spiro atoms. The fraction of sp³-hybridized carbons (Fsp3) is 0.412. The molecule has 3 rings (SSSR count). The van der Waals surface area contributed by atoms with Crippen LogP contribution in [-0.4, -0.2) is 42.0 Å². The van der Waals surface area contributed by atoms with E-state index in [1.165, 1.54) is 0 Å². The topological polar surface area (TPSA) is 36.4 Å². The van der Waals surface area contributed by atoms with E-state index in [0.717, 1.165) is 47.7 Å². The minimum Gasteiger partial charge on any atom is -0.356 e. The predicted octanol–water partition coefficient (Wildman–Crippen LogP) is 3.34. The van der Waals surface area contributed by atoms with Crippen LogP contribution in [-0.2, 0) is 4.79 Å². The molecule has 0 unspecified atom stereocenters. The zero-order chi connectivity index (χ0) is 15.7. The van der Waals surface area contributed by atoms with Gasteiger partial charge in [-0.15, -0.1) is 0 Å². The number of piperidine rings is 1. The van der Waals surface area contributed by atoms with E-state index in [1.807, 2.05) is 36.2 Å². The molecule has 1 fully saturated rings. The Morgan fingerprint density at radius 3 is 2.68 bits per heavy atom. The van der Waals surface area contributed by atoms with Crippen LogP contribution in [0.5, 0.6) is 0 Å². The van der Waals surface area contributed by atoms with Crippen molar-refractivity contribution >= 4 is 34.2 Å². The fourth-order valence-electron chi connectivity index (χ4n) is 3.00. The maximum Gasteiger partial charge on any atom is 0.219 e. The summed E-state index contributed by atoms with van der Waals surface area (Å²) < 4.78 is 0. The van der Waals surface area contributed by atoms with Crippen LogP contribution in [0.25, 0.3) is 10.9 Å². The van der Waals surface area contributed by atoms with Gasteiger partial charge in [-0.25, -0.2) is 4.98 Å². The van der Waals surface area contributed by atoms with Crippen LogP contribution in [0.1, 0.15) is 19.8 Å². The highest BCUT2D eigenvalue weighted by Crippen LogP contribution is 2.24. The zero-order valence-corrected chi connectivity index (χ0v) is 13.7. The summed E-state index contributed by atoms with van der Waals surface area (Å²) in [6, 6.07) is 10.2. The van der Waals surface area contributed by atoms with Gasteiger partial charge in [0.1, 0.15) is 5.82 Å². The number of anilines is 1. The lowest BCUT2D eigenvalue weighted by atomic mass is 10.0. The molecule has 22 heavy (non-hydrogen) atoms. The van der Waals surface area contributed by atoms with Crippen molar-refractivity contribution in [3.05, 3.63) is 35.4 Å². The van der Waals surface area contributed by atoms with Gasteiger partial charge in [-0.05, 0) is 43.2 Å². The maximum atomic E-state index is 11.5. The number of carbonyl (C=O) groups is 1. The van der Waals surface area contributed by atoms with Crippen molar-refractivity contribution in [1.82, 2.24) is 9.88 Å². The normalized spacial score (nSPS) is 16.0. The van der Waals surface area contributed by atoms with Gasteiger partial charge in [-0.3, -0.25) is 4.79 Å². The Labute approximate surface area is 135 Å². The number of carbonyl (C=O) groups excluding carboxylic acids is 1. The highest BCUT2D eigenvalue weighted by Gasteiger charge is 2.24. The summed E-state index contributed by atoms with van der Waals surface area (Å²) in [5.74, 6) is 1.14. The van der Waals surface area contributed by atoms with Gasteiger partial charge in [0.2, 0.25) is 5.91 Å². The van der Waals surface area contributed by atoms with Crippen LogP contribution in [0.15, 0.2) is 30.3 Å². The van der Waals surface area contributed by atoms with Crippen LogP contribution >= 0.6 is 11.6 Å². The number of amides is 1. The number of fused-ring (bicyclic) bond motifs is 1. The summed E-state index contributed by atoms with van der Waals surface area (Å²) >= 11 is 6.01. The molecule has 116 valence electrons. The van der Waals surface area contributed by atoms with E-state index in [-0.39, 0.29) is 5.91 Å². The first-order chi connectivity index (χ1) is 10.5. The first kappa shape index (κ1) is 15.1. The Morgan fingerprint density at radius 1 is 1.27 bits per heavy atom. The van der Waals surface area contributed by atoms with Gasteiger partial charge in [0.05, 0.1) is 5.52 Å². The van der Waals surface area contributed by atoms with Crippen molar-refractivity contribution in [2.45, 2.75) is 25.8 Å². The molecule has 0 N–H and O–H groups in total. The van der Waals surface area contributed by atoms with Crippen molar-refractivity contribution in [2.24, 2.45) is 0 Å². The molecule has 1 amide bonds. The maximum absolute atomic E-state index is 11.5. The number of benzene rings is 1. The van der Waals surface area contributed by atoms with Crippen LogP contribution in [0.3, 0.4) is 0 Å². The van der Waals surface area contributed by atoms with Gasteiger partial charge in [0.15, 0.2) is 0 Å². The summed E-state index contributed by atoms with van der Waals surface area (Å²) in [6.07, 6.45) is 1.97. The monoisotopic (exact) mass is 317 g/mol. The van der Waals surface area contributed by atoms with Crippen LogP contribution < -0.4 is 4.90 Å². The molecule has 2 aromatic rings. The van der Waals surface area contributed by atoms with Gasteiger partial charge in [0.25, 0.3) is 0 Å². The van der Waals surface area contributed by atoms with Crippen LogP contribution in [0.2, 0.25) is 5.02 Å². The molecule has 0 atom stereocenters. The average Bonchev–Trinajstić information content (AvgIpc) is 2.53. The smallest absolute Gasteiger partial charge is 0.219 e. The number of aromatic nitrogens is 1. The summed E-state index contributed by atoms with van der Waals surface area (Å²) in [6.45, 7) is 3.48. The Balaban J connectivity index is 1.73. The Bertz CT molecular complexity index is 695. The largest absolute Gasteiger partial charge is 0.356 e. The Morgan fingerprint density at radius 2 is 2.00 bits per heavy atom. The van der Waals surface area contributed by atoms with E-state index >= 15 is 0 Å². The number of rotatable bonds is 2. The number of pyridine rings is 1. The Hall–Kier alpha value is -1.81. The minimum atomic E-state index is 0.138. The lowest BCUT2D eigenvalue weighted by Crippen LogP contribution is -2.45. The minimum absolute atomic E-state index is 0.138. The lowest BCUT2D eigenvalue weighted by molar-refractivity contribution is -0.129. The number of nitrogens with zero attached hydrogens (tertiary/aromatic N) is 3. The molecule has 1 aliphatic rings. The highest BCUT2D eigenvalue weighted by atomic mass is 35.5. The molecule has 0 bridgehead atoms. The molecule has 0 aliphatic carbocycles. The highest BCUT2D eigenvalue weighted by molar-refractivity contribution is 6.31. The summed E-state index contributed by atoms with van der Waals surface area (Å²) in [5.41, 5.74) is 0.963. The first-order valence-corrected chi connectivity index (χ1v) is 7.97. The molecule has 1 aromatic carbocycles. The second kappa shape index (κ2) is 6.13. The van der Waals surface area contributed by atoms with E-state index in [2.05, 4.69) is 11.0 Å². The van der Waals surface area contributed by atoms with Crippen molar-refractivity contribution in [2.75, 3.05) is 25.0 Å². The lowest BCUT2D eigenvalue weighted by Gasteiger charge is -2.37. The van der Waals surface area contributed by atoms with Gasteiger partial charge in [-0.2, -0.15) is 0 Å². The van der Waals surface area contributed by atoms with Crippen molar-refractivity contribution in [1.29, 1.82) is 0 Å². The molecule has 5 heteroatoms.